The topological polar surface area (TPSA) is 141 Å². The molecule has 4 fully saturated rings. The summed E-state index contributed by atoms with van der Waals surface area (Å²) in [6.07, 6.45) is 7.17. The fourth-order valence-electron chi connectivity index (χ4n) is 8.61. The molecule has 7 rings (SSSR count). The van der Waals surface area contributed by atoms with Gasteiger partial charge in [0.2, 0.25) is 11.8 Å². The fourth-order valence-corrected chi connectivity index (χ4v) is 8.61. The number of likely N-dealkylation sites (N-methyl/N-ethyl adjacent to an activating group) is 1. The van der Waals surface area contributed by atoms with Crippen molar-refractivity contribution in [2.45, 2.75) is 82.4 Å². The predicted molar refractivity (Wildman–Crippen MR) is 177 cm³/mol. The monoisotopic (exact) mass is 642 g/mol. The van der Waals surface area contributed by atoms with Crippen molar-refractivity contribution in [3.8, 4) is 0 Å². The standard InChI is InChI=1S/C37H46N4O6/c1-37(20-28-21-38-31-11-7-6-10-30(28)31,40-36(46)47-34-26-15-24-14-25(17-26)18-27(34)16-24)35(45)41(2)29(19-23-8-4-3-5-9-23)22-39-32(42)12-13-33(43)44/h3-11,21,24-27,29,34,38H,12-20,22H2,1-2H3,(H,39,42)(H,40,46)(H,43,44)/t24?,25?,26?,27?,29-,34?,37+/m0/s1. The summed E-state index contributed by atoms with van der Waals surface area (Å²) in [5.41, 5.74) is 1.43. The van der Waals surface area contributed by atoms with Gasteiger partial charge in [0.15, 0.2) is 0 Å². The number of aromatic amines is 1. The zero-order valence-electron chi connectivity index (χ0n) is 27.2. The molecule has 0 aliphatic heterocycles. The smallest absolute Gasteiger partial charge is 0.408 e. The Morgan fingerprint density at radius 1 is 0.957 bits per heavy atom. The molecular weight excluding hydrogens is 596 g/mol. The molecule has 2 aromatic carbocycles. The molecule has 1 heterocycles. The normalized spacial score (nSPS) is 24.7. The summed E-state index contributed by atoms with van der Waals surface area (Å²) in [6.45, 7) is 1.87. The second-order valence-corrected chi connectivity index (χ2v) is 14.3. The number of nitrogens with one attached hydrogen (secondary N) is 3. The molecule has 10 heteroatoms. The number of H-pyrrole nitrogens is 1. The van der Waals surface area contributed by atoms with Crippen molar-refractivity contribution in [1.29, 1.82) is 0 Å². The highest BCUT2D eigenvalue weighted by Gasteiger charge is 2.50. The SMILES string of the molecule is CN(C(=O)[C@@](C)(Cc1c[nH]c2ccccc12)NC(=O)OC1C2CC3CC(C2)CC1C3)[C@H](CNC(=O)CCC(=O)O)Cc1ccccc1. The summed E-state index contributed by atoms with van der Waals surface area (Å²) in [5, 5.41) is 15.8. The van der Waals surface area contributed by atoms with Crippen molar-refractivity contribution in [1.82, 2.24) is 20.5 Å². The highest BCUT2D eigenvalue weighted by Crippen LogP contribution is 2.54. The van der Waals surface area contributed by atoms with Gasteiger partial charge in [-0.05, 0) is 86.3 Å². The van der Waals surface area contributed by atoms with Gasteiger partial charge in [0, 0.05) is 43.5 Å². The van der Waals surface area contributed by atoms with E-state index < -0.39 is 29.6 Å². The molecule has 4 saturated carbocycles. The first-order valence-electron chi connectivity index (χ1n) is 16.9. The minimum absolute atomic E-state index is 0.122. The molecule has 250 valence electrons. The Balaban J connectivity index is 1.24. The molecule has 0 radical (unpaired) electrons. The van der Waals surface area contributed by atoms with Crippen molar-refractivity contribution in [3.05, 3.63) is 71.9 Å². The third-order valence-corrected chi connectivity index (χ3v) is 10.7. The number of aliphatic carboxylic acids is 1. The number of hydrogen-bond acceptors (Lipinski definition) is 5. The third-order valence-electron chi connectivity index (χ3n) is 10.7. The Morgan fingerprint density at radius 3 is 2.30 bits per heavy atom. The zero-order valence-corrected chi connectivity index (χ0v) is 27.2. The fraction of sp³-hybridized carbons (Fsp3) is 0.514. The van der Waals surface area contributed by atoms with Crippen molar-refractivity contribution in [2.24, 2.45) is 23.7 Å². The van der Waals surface area contributed by atoms with Crippen molar-refractivity contribution in [2.75, 3.05) is 13.6 Å². The van der Waals surface area contributed by atoms with Crippen molar-refractivity contribution < 1.29 is 29.0 Å². The van der Waals surface area contributed by atoms with Gasteiger partial charge in [-0.25, -0.2) is 4.79 Å². The van der Waals surface area contributed by atoms with E-state index in [0.717, 1.165) is 59.5 Å². The molecule has 0 saturated heterocycles. The molecule has 3 amide bonds. The molecule has 0 unspecified atom stereocenters. The third kappa shape index (κ3) is 7.47. The number of carbonyl (C=O) groups is 4. The van der Waals surface area contributed by atoms with Gasteiger partial charge in [-0.3, -0.25) is 14.4 Å². The largest absolute Gasteiger partial charge is 0.481 e. The Hall–Kier alpha value is -4.34. The molecule has 0 spiro atoms. The van der Waals surface area contributed by atoms with Crippen LogP contribution in [0.1, 0.15) is 63.0 Å². The Morgan fingerprint density at radius 2 is 1.62 bits per heavy atom. The van der Waals surface area contributed by atoms with Crippen LogP contribution in [0.5, 0.6) is 0 Å². The van der Waals surface area contributed by atoms with Crippen LogP contribution in [0.15, 0.2) is 60.8 Å². The summed E-state index contributed by atoms with van der Waals surface area (Å²) in [6, 6.07) is 17.1. The number of rotatable bonds is 13. The van der Waals surface area contributed by atoms with E-state index in [-0.39, 0.29) is 37.8 Å². The molecule has 10 nitrogen and oxygen atoms in total. The number of fused-ring (bicyclic) bond motifs is 1. The van der Waals surface area contributed by atoms with Gasteiger partial charge < -0.3 is 30.4 Å². The van der Waals surface area contributed by atoms with Gasteiger partial charge in [-0.1, -0.05) is 48.5 Å². The average Bonchev–Trinajstić information content (AvgIpc) is 3.45. The van der Waals surface area contributed by atoms with Crippen LogP contribution in [0.3, 0.4) is 0 Å². The maximum atomic E-state index is 14.6. The zero-order chi connectivity index (χ0) is 33.1. The van der Waals surface area contributed by atoms with E-state index in [1.165, 1.54) is 6.42 Å². The molecule has 4 aliphatic rings. The molecule has 4 aliphatic carbocycles. The number of carbonyl (C=O) groups excluding carboxylic acids is 3. The average molecular weight is 643 g/mol. The number of carboxylic acid groups (broad SMARTS) is 1. The van der Waals surface area contributed by atoms with E-state index in [9.17, 15) is 19.2 Å². The van der Waals surface area contributed by atoms with Gasteiger partial charge in [-0.15, -0.1) is 0 Å². The Kier molecular flexibility index (Phi) is 9.57. The van der Waals surface area contributed by atoms with Crippen LogP contribution in [0.2, 0.25) is 0 Å². The molecule has 2 atom stereocenters. The number of benzene rings is 2. The quantitative estimate of drug-likeness (QED) is 0.205. The minimum atomic E-state index is -1.37. The van der Waals surface area contributed by atoms with Gasteiger partial charge in [0.25, 0.3) is 0 Å². The lowest BCUT2D eigenvalue weighted by Crippen LogP contribution is -2.62. The van der Waals surface area contributed by atoms with E-state index in [1.54, 1.807) is 18.9 Å². The Labute approximate surface area is 275 Å². The van der Waals surface area contributed by atoms with Crippen LogP contribution in [-0.4, -0.2) is 70.1 Å². The molecule has 3 aromatic rings. The predicted octanol–water partition coefficient (Wildman–Crippen LogP) is 5.07. The maximum Gasteiger partial charge on any atom is 0.408 e. The molecular formula is C37H46N4O6. The lowest BCUT2D eigenvalue weighted by Gasteiger charge is -2.53. The van der Waals surface area contributed by atoms with Crippen LogP contribution in [-0.2, 0) is 32.0 Å². The maximum absolute atomic E-state index is 14.6. The number of carboxylic acids is 1. The van der Waals surface area contributed by atoms with Gasteiger partial charge in [0.1, 0.15) is 11.6 Å². The number of nitrogens with zero attached hydrogens (tertiary/aromatic N) is 1. The van der Waals surface area contributed by atoms with E-state index in [4.69, 9.17) is 9.84 Å². The van der Waals surface area contributed by atoms with Crippen LogP contribution >= 0.6 is 0 Å². The van der Waals surface area contributed by atoms with Gasteiger partial charge >= 0.3 is 12.1 Å². The van der Waals surface area contributed by atoms with Gasteiger partial charge in [-0.2, -0.15) is 0 Å². The van der Waals surface area contributed by atoms with E-state index in [1.807, 2.05) is 60.8 Å². The molecule has 1 aromatic heterocycles. The number of aromatic nitrogens is 1. The van der Waals surface area contributed by atoms with Crippen LogP contribution in [0.25, 0.3) is 10.9 Å². The first-order chi connectivity index (χ1) is 22.6. The summed E-state index contributed by atoms with van der Waals surface area (Å²) in [5.74, 6) is 0.497. The first kappa shape index (κ1) is 32.6. The van der Waals surface area contributed by atoms with E-state index >= 15 is 0 Å². The molecule has 4 bridgehead atoms. The van der Waals surface area contributed by atoms with Crippen LogP contribution in [0.4, 0.5) is 4.79 Å². The summed E-state index contributed by atoms with van der Waals surface area (Å²) in [7, 11) is 1.69. The van der Waals surface area contributed by atoms with Crippen molar-refractivity contribution in [3.63, 3.8) is 0 Å². The second-order valence-electron chi connectivity index (χ2n) is 14.3. The summed E-state index contributed by atoms with van der Waals surface area (Å²) < 4.78 is 6.21. The number of hydrogen-bond donors (Lipinski definition) is 4. The highest BCUT2D eigenvalue weighted by atomic mass is 16.6. The lowest BCUT2D eigenvalue weighted by atomic mass is 9.55. The van der Waals surface area contributed by atoms with Gasteiger partial charge in [0.05, 0.1) is 12.5 Å². The second kappa shape index (κ2) is 13.8. The number of ether oxygens (including phenoxy) is 1. The lowest BCUT2D eigenvalue weighted by molar-refractivity contribution is -0.139. The summed E-state index contributed by atoms with van der Waals surface area (Å²) >= 11 is 0. The minimum Gasteiger partial charge on any atom is -0.481 e. The van der Waals surface area contributed by atoms with Crippen LogP contribution in [0, 0.1) is 23.7 Å². The molecule has 4 N–H and O–H groups in total. The number of alkyl carbamates (subject to hydrolysis) is 1. The highest BCUT2D eigenvalue weighted by molar-refractivity contribution is 5.92. The number of para-hydroxylation sites is 1. The summed E-state index contributed by atoms with van der Waals surface area (Å²) in [4.78, 5) is 56.8. The van der Waals surface area contributed by atoms with E-state index in [2.05, 4.69) is 15.6 Å². The Bertz CT molecular complexity index is 1580. The van der Waals surface area contributed by atoms with E-state index in [0.29, 0.717) is 18.3 Å². The van der Waals surface area contributed by atoms with Crippen LogP contribution < -0.4 is 10.6 Å². The molecule has 47 heavy (non-hydrogen) atoms. The first-order valence-corrected chi connectivity index (χ1v) is 16.9. The number of amides is 3. The van der Waals surface area contributed by atoms with Crippen molar-refractivity contribution >= 4 is 34.8 Å².